The van der Waals surface area contributed by atoms with E-state index in [1.54, 1.807) is 20.3 Å². The van der Waals surface area contributed by atoms with Crippen LogP contribution in [-0.2, 0) is 4.74 Å². The van der Waals surface area contributed by atoms with Crippen molar-refractivity contribution in [2.45, 2.75) is 0 Å². The zero-order valence-electron chi connectivity index (χ0n) is 11.8. The molecular weight excluding hydrogens is 268 g/mol. The lowest BCUT2D eigenvalue weighted by atomic mass is 10.1. The molecule has 0 bridgehead atoms. The Bertz CT molecular complexity index is 731. The number of rotatable bonds is 3. The van der Waals surface area contributed by atoms with Crippen LogP contribution in [0.4, 0.5) is 0 Å². The van der Waals surface area contributed by atoms with Gasteiger partial charge in [0.05, 0.1) is 19.8 Å². The Morgan fingerprint density at radius 3 is 2.38 bits per heavy atom. The molecule has 0 aliphatic carbocycles. The topological polar surface area (TPSA) is 44.8 Å². The Morgan fingerprint density at radius 1 is 0.952 bits per heavy atom. The van der Waals surface area contributed by atoms with Crippen LogP contribution in [0.5, 0.6) is 11.5 Å². The summed E-state index contributed by atoms with van der Waals surface area (Å²) in [4.78, 5) is 11.8. The number of cyclic esters (lactones) is 1. The Labute approximate surface area is 122 Å². The van der Waals surface area contributed by atoms with Crippen LogP contribution in [0.3, 0.4) is 0 Å². The summed E-state index contributed by atoms with van der Waals surface area (Å²) < 4.78 is 15.8. The van der Waals surface area contributed by atoms with Crippen molar-refractivity contribution in [3.63, 3.8) is 0 Å². The average molecular weight is 282 g/mol. The van der Waals surface area contributed by atoms with Gasteiger partial charge in [0.25, 0.3) is 0 Å². The van der Waals surface area contributed by atoms with E-state index in [0.717, 1.165) is 11.1 Å². The summed E-state index contributed by atoms with van der Waals surface area (Å²) >= 11 is 0. The van der Waals surface area contributed by atoms with E-state index in [0.29, 0.717) is 22.8 Å². The van der Waals surface area contributed by atoms with Gasteiger partial charge < -0.3 is 14.2 Å². The van der Waals surface area contributed by atoms with E-state index in [1.807, 2.05) is 42.5 Å². The molecule has 0 saturated heterocycles. The van der Waals surface area contributed by atoms with E-state index < -0.39 is 0 Å². The van der Waals surface area contributed by atoms with Crippen molar-refractivity contribution in [1.82, 2.24) is 0 Å². The van der Waals surface area contributed by atoms with Crippen LogP contribution >= 0.6 is 0 Å². The van der Waals surface area contributed by atoms with Crippen LogP contribution in [0, 0.1) is 0 Å². The van der Waals surface area contributed by atoms with Crippen LogP contribution in [0.15, 0.2) is 42.5 Å². The summed E-state index contributed by atoms with van der Waals surface area (Å²) in [6, 6.07) is 12.8. The number of fused-ring (bicyclic) bond motifs is 1. The molecule has 0 radical (unpaired) electrons. The first kappa shape index (κ1) is 13.2. The largest absolute Gasteiger partial charge is 0.493 e. The fourth-order valence-corrected chi connectivity index (χ4v) is 2.29. The minimum Gasteiger partial charge on any atom is -0.493 e. The van der Waals surface area contributed by atoms with Gasteiger partial charge in [-0.25, -0.2) is 4.79 Å². The molecule has 3 rings (SSSR count). The Hall–Kier alpha value is -2.75. The van der Waals surface area contributed by atoms with Gasteiger partial charge in [0.2, 0.25) is 0 Å². The molecule has 106 valence electrons. The van der Waals surface area contributed by atoms with Crippen molar-refractivity contribution in [2.24, 2.45) is 0 Å². The lowest BCUT2D eigenvalue weighted by Crippen LogP contribution is -1.92. The van der Waals surface area contributed by atoms with E-state index in [4.69, 9.17) is 14.2 Å². The highest BCUT2D eigenvalue weighted by Gasteiger charge is 2.25. The number of benzene rings is 2. The maximum atomic E-state index is 11.8. The Balaban J connectivity index is 2.02. The average Bonchev–Trinajstić information content (AvgIpc) is 2.84. The van der Waals surface area contributed by atoms with Crippen LogP contribution in [0.25, 0.3) is 11.8 Å². The molecule has 0 spiro atoms. The third-order valence-electron chi connectivity index (χ3n) is 3.32. The standard InChI is InChI=1S/C17H14O4/c1-19-14-8-7-11(10-16(14)20-2)9-15-12-5-3-4-6-13(12)17(18)21-15/h3-10H,1-2H3/b15-9+. The van der Waals surface area contributed by atoms with Gasteiger partial charge in [0.15, 0.2) is 11.5 Å². The monoisotopic (exact) mass is 282 g/mol. The van der Waals surface area contributed by atoms with E-state index in [-0.39, 0.29) is 5.97 Å². The van der Waals surface area contributed by atoms with Gasteiger partial charge >= 0.3 is 5.97 Å². The fourth-order valence-electron chi connectivity index (χ4n) is 2.29. The van der Waals surface area contributed by atoms with Crippen molar-refractivity contribution < 1.29 is 19.0 Å². The van der Waals surface area contributed by atoms with Crippen molar-refractivity contribution in [3.8, 4) is 11.5 Å². The summed E-state index contributed by atoms with van der Waals surface area (Å²) in [6.45, 7) is 0. The maximum Gasteiger partial charge on any atom is 0.344 e. The van der Waals surface area contributed by atoms with Crippen molar-refractivity contribution in [1.29, 1.82) is 0 Å². The normalized spacial score (nSPS) is 14.8. The smallest absolute Gasteiger partial charge is 0.344 e. The van der Waals surface area contributed by atoms with E-state index in [1.165, 1.54) is 0 Å². The molecule has 0 aromatic heterocycles. The highest BCUT2D eigenvalue weighted by Crippen LogP contribution is 2.33. The highest BCUT2D eigenvalue weighted by atomic mass is 16.5. The predicted molar refractivity (Wildman–Crippen MR) is 79.3 cm³/mol. The molecule has 0 fully saturated rings. The van der Waals surface area contributed by atoms with Gasteiger partial charge in [-0.3, -0.25) is 0 Å². The molecule has 0 saturated carbocycles. The number of carbonyl (C=O) groups excluding carboxylic acids is 1. The van der Waals surface area contributed by atoms with Crippen LogP contribution in [0.1, 0.15) is 21.5 Å². The molecule has 1 aliphatic heterocycles. The molecule has 0 atom stereocenters. The quantitative estimate of drug-likeness (QED) is 0.810. The van der Waals surface area contributed by atoms with Gasteiger partial charge in [-0.05, 0) is 29.8 Å². The van der Waals surface area contributed by atoms with Crippen molar-refractivity contribution >= 4 is 17.8 Å². The molecule has 21 heavy (non-hydrogen) atoms. The lowest BCUT2D eigenvalue weighted by molar-refractivity contribution is 0.0717. The first-order valence-electron chi connectivity index (χ1n) is 6.48. The summed E-state index contributed by atoms with van der Waals surface area (Å²) in [5, 5.41) is 0. The molecule has 4 heteroatoms. The van der Waals surface area contributed by atoms with Gasteiger partial charge in [0, 0.05) is 5.56 Å². The number of hydrogen-bond donors (Lipinski definition) is 0. The summed E-state index contributed by atoms with van der Waals surface area (Å²) in [5.41, 5.74) is 2.26. The summed E-state index contributed by atoms with van der Waals surface area (Å²) in [5.74, 6) is 1.51. The second kappa shape index (κ2) is 5.32. The van der Waals surface area contributed by atoms with Crippen LogP contribution in [0.2, 0.25) is 0 Å². The fraction of sp³-hybridized carbons (Fsp3) is 0.118. The maximum absolute atomic E-state index is 11.8. The zero-order chi connectivity index (χ0) is 14.8. The number of ether oxygens (including phenoxy) is 3. The minimum atomic E-state index is -0.322. The third kappa shape index (κ3) is 2.36. The second-order valence-electron chi connectivity index (χ2n) is 4.56. The molecule has 0 N–H and O–H groups in total. The van der Waals surface area contributed by atoms with Crippen molar-refractivity contribution in [3.05, 3.63) is 59.2 Å². The predicted octanol–water partition coefficient (Wildman–Crippen LogP) is 3.37. The van der Waals surface area contributed by atoms with E-state index in [2.05, 4.69) is 0 Å². The van der Waals surface area contributed by atoms with Gasteiger partial charge in [-0.1, -0.05) is 24.3 Å². The number of hydrogen-bond acceptors (Lipinski definition) is 4. The molecular formula is C17H14O4. The summed E-state index contributed by atoms with van der Waals surface area (Å²) in [6.07, 6.45) is 1.81. The molecule has 2 aromatic carbocycles. The number of carbonyl (C=O) groups is 1. The Kier molecular flexibility index (Phi) is 3.36. The molecule has 0 amide bonds. The minimum absolute atomic E-state index is 0.322. The van der Waals surface area contributed by atoms with Gasteiger partial charge in [-0.2, -0.15) is 0 Å². The summed E-state index contributed by atoms with van der Waals surface area (Å²) in [7, 11) is 3.17. The third-order valence-corrected chi connectivity index (χ3v) is 3.32. The second-order valence-corrected chi connectivity index (χ2v) is 4.56. The Morgan fingerprint density at radius 2 is 1.67 bits per heavy atom. The molecule has 1 aliphatic rings. The van der Waals surface area contributed by atoms with Crippen LogP contribution in [-0.4, -0.2) is 20.2 Å². The van der Waals surface area contributed by atoms with E-state index >= 15 is 0 Å². The van der Waals surface area contributed by atoms with Gasteiger partial charge in [0.1, 0.15) is 5.76 Å². The lowest BCUT2D eigenvalue weighted by Gasteiger charge is -2.08. The molecule has 1 heterocycles. The molecule has 2 aromatic rings. The van der Waals surface area contributed by atoms with E-state index in [9.17, 15) is 4.79 Å². The zero-order valence-corrected chi connectivity index (χ0v) is 11.8. The van der Waals surface area contributed by atoms with Crippen molar-refractivity contribution in [2.75, 3.05) is 14.2 Å². The first-order valence-corrected chi connectivity index (χ1v) is 6.48. The SMILES string of the molecule is COc1ccc(/C=C2/OC(=O)c3ccccc32)cc1OC. The van der Waals surface area contributed by atoms with Crippen LogP contribution < -0.4 is 9.47 Å². The first-order chi connectivity index (χ1) is 10.2. The van der Waals surface area contributed by atoms with Gasteiger partial charge in [-0.15, -0.1) is 0 Å². The molecule has 0 unspecified atom stereocenters. The molecule has 4 nitrogen and oxygen atoms in total. The number of methoxy groups -OCH3 is 2. The number of esters is 1. The highest BCUT2D eigenvalue weighted by molar-refractivity contribution is 6.05.